The van der Waals surface area contributed by atoms with Crippen LogP contribution in [-0.4, -0.2) is 0 Å². The molecule has 3 aliphatic carbocycles. The highest BCUT2D eigenvalue weighted by molar-refractivity contribution is 5.28. The van der Waals surface area contributed by atoms with Gasteiger partial charge < -0.3 is 0 Å². The second-order valence-electron chi connectivity index (χ2n) is 4.47. The highest BCUT2D eigenvalue weighted by Gasteiger charge is 2.47. The van der Waals surface area contributed by atoms with E-state index in [0.29, 0.717) is 5.41 Å². The maximum absolute atomic E-state index is 2.46. The standard InChI is InChI=1S/C10H16/c1-7-4-5-8-6-9(7)10(8,2)3/h5,7,9H,4,6H2,1-3H3. The average Bonchev–Trinajstić information content (AvgIpc) is 1.87. The zero-order valence-electron chi connectivity index (χ0n) is 7.15. The molecule has 2 bridgehead atoms. The molecule has 0 aromatic heterocycles. The van der Waals surface area contributed by atoms with Gasteiger partial charge in [0.25, 0.3) is 0 Å². The molecule has 0 N–H and O–H groups in total. The predicted octanol–water partition coefficient (Wildman–Crippen LogP) is 3.00. The Morgan fingerprint density at radius 1 is 1.50 bits per heavy atom. The lowest BCUT2D eigenvalue weighted by atomic mass is 9.51. The van der Waals surface area contributed by atoms with E-state index in [9.17, 15) is 0 Å². The second-order valence-corrected chi connectivity index (χ2v) is 4.47. The first kappa shape index (κ1) is 6.45. The van der Waals surface area contributed by atoms with Crippen LogP contribution < -0.4 is 0 Å². The molecule has 0 aliphatic heterocycles. The van der Waals surface area contributed by atoms with Crippen LogP contribution in [0.25, 0.3) is 0 Å². The Bertz CT molecular complexity index is 186. The lowest BCUT2D eigenvalue weighted by molar-refractivity contribution is 0.0870. The van der Waals surface area contributed by atoms with Crippen LogP contribution in [0.4, 0.5) is 0 Å². The molecule has 0 aromatic rings. The molecule has 2 atom stereocenters. The number of hydrogen-bond donors (Lipinski definition) is 0. The van der Waals surface area contributed by atoms with E-state index >= 15 is 0 Å². The fourth-order valence-corrected chi connectivity index (χ4v) is 2.61. The summed E-state index contributed by atoms with van der Waals surface area (Å²) in [5, 5.41) is 0. The third kappa shape index (κ3) is 0.574. The number of rotatable bonds is 0. The Balaban J connectivity index is 2.31. The molecule has 0 heterocycles. The predicted molar refractivity (Wildman–Crippen MR) is 43.8 cm³/mol. The largest absolute Gasteiger partial charge is 0.0845 e. The molecule has 3 aliphatic rings. The summed E-state index contributed by atoms with van der Waals surface area (Å²) in [5.41, 5.74) is 2.29. The van der Waals surface area contributed by atoms with Gasteiger partial charge in [-0.25, -0.2) is 0 Å². The fraction of sp³-hybridized carbons (Fsp3) is 0.800. The van der Waals surface area contributed by atoms with Crippen LogP contribution in [0.2, 0.25) is 0 Å². The van der Waals surface area contributed by atoms with E-state index in [1.54, 1.807) is 5.57 Å². The summed E-state index contributed by atoms with van der Waals surface area (Å²) in [7, 11) is 0. The van der Waals surface area contributed by atoms with E-state index in [2.05, 4.69) is 26.8 Å². The minimum absolute atomic E-state index is 0.567. The van der Waals surface area contributed by atoms with Gasteiger partial charge in [0.2, 0.25) is 0 Å². The van der Waals surface area contributed by atoms with Crippen LogP contribution in [-0.2, 0) is 0 Å². The molecule has 0 heteroatoms. The Kier molecular flexibility index (Phi) is 1.07. The van der Waals surface area contributed by atoms with Crippen LogP contribution in [0, 0.1) is 17.3 Å². The summed E-state index contributed by atoms with van der Waals surface area (Å²) in [5.74, 6) is 1.93. The Hall–Kier alpha value is -0.260. The maximum Gasteiger partial charge on any atom is -0.0111 e. The van der Waals surface area contributed by atoms with Crippen molar-refractivity contribution in [3.63, 3.8) is 0 Å². The van der Waals surface area contributed by atoms with Gasteiger partial charge in [-0.15, -0.1) is 0 Å². The first-order valence-corrected chi connectivity index (χ1v) is 4.32. The number of allylic oxidation sites excluding steroid dienone is 2. The molecule has 2 unspecified atom stereocenters. The molecule has 0 amide bonds. The zero-order valence-corrected chi connectivity index (χ0v) is 7.15. The Morgan fingerprint density at radius 3 is 2.50 bits per heavy atom. The molecular weight excluding hydrogens is 120 g/mol. The van der Waals surface area contributed by atoms with Crippen LogP contribution in [0.3, 0.4) is 0 Å². The molecule has 1 fully saturated rings. The monoisotopic (exact) mass is 136 g/mol. The van der Waals surface area contributed by atoms with Crippen LogP contribution >= 0.6 is 0 Å². The van der Waals surface area contributed by atoms with E-state index in [1.807, 2.05) is 0 Å². The molecule has 0 spiro atoms. The molecule has 1 saturated carbocycles. The fourth-order valence-electron chi connectivity index (χ4n) is 2.61. The van der Waals surface area contributed by atoms with Gasteiger partial charge in [0.05, 0.1) is 0 Å². The molecule has 0 nitrogen and oxygen atoms in total. The van der Waals surface area contributed by atoms with Crippen molar-refractivity contribution in [2.45, 2.75) is 33.6 Å². The van der Waals surface area contributed by atoms with Crippen molar-refractivity contribution in [2.24, 2.45) is 17.3 Å². The van der Waals surface area contributed by atoms with Crippen molar-refractivity contribution in [2.75, 3.05) is 0 Å². The van der Waals surface area contributed by atoms with E-state index in [0.717, 1.165) is 11.8 Å². The van der Waals surface area contributed by atoms with Gasteiger partial charge in [-0.1, -0.05) is 32.4 Å². The zero-order chi connectivity index (χ0) is 7.35. The smallest absolute Gasteiger partial charge is 0.0111 e. The van der Waals surface area contributed by atoms with Crippen LogP contribution in [0.1, 0.15) is 33.6 Å². The molecule has 3 rings (SSSR count). The van der Waals surface area contributed by atoms with Crippen LogP contribution in [0.15, 0.2) is 11.6 Å². The van der Waals surface area contributed by atoms with Crippen molar-refractivity contribution in [3.05, 3.63) is 11.6 Å². The minimum Gasteiger partial charge on any atom is -0.0845 e. The lowest BCUT2D eigenvalue weighted by Gasteiger charge is -2.54. The minimum atomic E-state index is 0.567. The quantitative estimate of drug-likeness (QED) is 0.449. The second kappa shape index (κ2) is 1.66. The van der Waals surface area contributed by atoms with Gasteiger partial charge in [-0.3, -0.25) is 0 Å². The topological polar surface area (TPSA) is 0 Å². The summed E-state index contributed by atoms with van der Waals surface area (Å²) in [6.45, 7) is 7.17. The van der Waals surface area contributed by atoms with Crippen LogP contribution in [0.5, 0.6) is 0 Å². The summed E-state index contributed by atoms with van der Waals surface area (Å²) in [6, 6.07) is 0. The molecular formula is C10H16. The average molecular weight is 136 g/mol. The first-order chi connectivity index (χ1) is 4.62. The highest BCUT2D eigenvalue weighted by Crippen LogP contribution is 2.58. The van der Waals surface area contributed by atoms with Gasteiger partial charge in [-0.2, -0.15) is 0 Å². The van der Waals surface area contributed by atoms with Gasteiger partial charge in [0.15, 0.2) is 0 Å². The summed E-state index contributed by atoms with van der Waals surface area (Å²) < 4.78 is 0. The number of hydrogen-bond acceptors (Lipinski definition) is 0. The van der Waals surface area contributed by atoms with E-state index in [1.165, 1.54) is 12.8 Å². The van der Waals surface area contributed by atoms with Gasteiger partial charge in [0, 0.05) is 0 Å². The maximum atomic E-state index is 2.46. The molecule has 0 radical (unpaired) electrons. The summed E-state index contributed by atoms with van der Waals surface area (Å²) >= 11 is 0. The third-order valence-electron chi connectivity index (χ3n) is 3.62. The highest BCUT2D eigenvalue weighted by atomic mass is 14.5. The molecule has 0 saturated heterocycles. The molecule has 56 valence electrons. The normalized spacial score (nSPS) is 42.1. The Labute approximate surface area is 63.3 Å². The lowest BCUT2D eigenvalue weighted by Crippen LogP contribution is -2.44. The molecule has 10 heavy (non-hydrogen) atoms. The Morgan fingerprint density at radius 2 is 2.20 bits per heavy atom. The number of fused-ring (bicyclic) bond motifs is 2. The van der Waals surface area contributed by atoms with Crippen molar-refractivity contribution in [1.82, 2.24) is 0 Å². The van der Waals surface area contributed by atoms with Crippen molar-refractivity contribution in [1.29, 1.82) is 0 Å². The summed E-state index contributed by atoms with van der Waals surface area (Å²) in [4.78, 5) is 0. The van der Waals surface area contributed by atoms with Crippen molar-refractivity contribution in [3.8, 4) is 0 Å². The van der Waals surface area contributed by atoms with E-state index < -0.39 is 0 Å². The van der Waals surface area contributed by atoms with Crippen molar-refractivity contribution >= 4 is 0 Å². The SMILES string of the molecule is CC1CC=C2CC1C2(C)C. The third-order valence-corrected chi connectivity index (χ3v) is 3.62. The van der Waals surface area contributed by atoms with E-state index in [-0.39, 0.29) is 0 Å². The van der Waals surface area contributed by atoms with E-state index in [4.69, 9.17) is 0 Å². The summed E-state index contributed by atoms with van der Waals surface area (Å²) in [6.07, 6.45) is 5.20. The first-order valence-electron chi connectivity index (χ1n) is 4.32. The molecule has 0 aromatic carbocycles. The van der Waals surface area contributed by atoms with Crippen molar-refractivity contribution < 1.29 is 0 Å². The van der Waals surface area contributed by atoms with Gasteiger partial charge >= 0.3 is 0 Å². The van der Waals surface area contributed by atoms with Gasteiger partial charge in [-0.05, 0) is 30.1 Å². The van der Waals surface area contributed by atoms with Gasteiger partial charge in [0.1, 0.15) is 0 Å².